The number of carbonyl (C=O) groups excluding carboxylic acids is 2. The fourth-order valence-corrected chi connectivity index (χ4v) is 4.60. The van der Waals surface area contributed by atoms with Crippen molar-refractivity contribution in [3.63, 3.8) is 0 Å². The summed E-state index contributed by atoms with van der Waals surface area (Å²) in [5, 5.41) is 8.84. The van der Waals surface area contributed by atoms with Crippen LogP contribution in [0.2, 0.25) is 0 Å². The molecule has 0 radical (unpaired) electrons. The Morgan fingerprint density at radius 2 is 1.70 bits per heavy atom. The highest BCUT2D eigenvalue weighted by Gasteiger charge is 2.27. The van der Waals surface area contributed by atoms with E-state index >= 15 is 0 Å². The minimum atomic E-state index is -0.404. The third-order valence-electron chi connectivity index (χ3n) is 7.22. The molecule has 0 spiro atoms. The summed E-state index contributed by atoms with van der Waals surface area (Å²) in [6.07, 6.45) is 0.880. The predicted molar refractivity (Wildman–Crippen MR) is 151 cm³/mol. The number of methoxy groups -OCH3 is 2. The van der Waals surface area contributed by atoms with E-state index in [0.717, 1.165) is 17.8 Å². The lowest BCUT2D eigenvalue weighted by Crippen LogP contribution is -2.52. The molecule has 0 bridgehead atoms. The third kappa shape index (κ3) is 6.86. The number of amides is 2. The summed E-state index contributed by atoms with van der Waals surface area (Å²) in [7, 11) is 3.20. The molecule has 0 N–H and O–H groups in total. The highest BCUT2D eigenvalue weighted by Crippen LogP contribution is 2.32. The Balaban J connectivity index is 1.37. The van der Waals surface area contributed by atoms with Crippen LogP contribution in [0.3, 0.4) is 0 Å². The lowest BCUT2D eigenvalue weighted by atomic mass is 10.1. The number of piperazine rings is 1. The van der Waals surface area contributed by atoms with Gasteiger partial charge in [0.15, 0.2) is 5.82 Å². The van der Waals surface area contributed by atoms with Gasteiger partial charge in [-0.1, -0.05) is 20.3 Å². The number of benzene rings is 2. The molecule has 1 aliphatic heterocycles. The van der Waals surface area contributed by atoms with Crippen LogP contribution in [-0.2, 0) is 4.79 Å². The standard InChI is InChI=1S/C30H36FN5O4/c1-5-21(2)19-36(30(38)22-6-8-23(31)9-7-22)20-29(37)35-16-14-34(15-17-35)28-13-12-26(32-33-28)25-11-10-24(39-3)18-27(25)40-4/h6-13,18,21H,5,14-17,19-20H2,1-4H3/t21-/m1/s1. The average Bonchev–Trinajstić information content (AvgIpc) is 3.00. The van der Waals surface area contributed by atoms with E-state index in [0.29, 0.717) is 55.5 Å². The molecule has 40 heavy (non-hydrogen) atoms. The molecule has 1 atom stereocenters. The molecule has 4 rings (SSSR count). The molecule has 2 heterocycles. The van der Waals surface area contributed by atoms with Crippen LogP contribution in [0.4, 0.5) is 10.2 Å². The molecule has 3 aromatic rings. The van der Waals surface area contributed by atoms with Crippen molar-refractivity contribution in [2.45, 2.75) is 20.3 Å². The van der Waals surface area contributed by atoms with Gasteiger partial charge in [0.2, 0.25) is 5.91 Å². The first-order valence-electron chi connectivity index (χ1n) is 13.5. The lowest BCUT2D eigenvalue weighted by Gasteiger charge is -2.36. The van der Waals surface area contributed by atoms with E-state index in [9.17, 15) is 14.0 Å². The first kappa shape index (κ1) is 28.8. The minimum absolute atomic E-state index is 0.0151. The van der Waals surface area contributed by atoms with Crippen molar-refractivity contribution in [2.75, 3.05) is 58.4 Å². The zero-order valence-electron chi connectivity index (χ0n) is 23.5. The van der Waals surface area contributed by atoms with Gasteiger partial charge in [0, 0.05) is 49.9 Å². The summed E-state index contributed by atoms with van der Waals surface area (Å²) in [6.45, 7) is 6.76. The van der Waals surface area contributed by atoms with E-state index in [2.05, 4.69) is 22.0 Å². The van der Waals surface area contributed by atoms with Crippen LogP contribution >= 0.6 is 0 Å². The monoisotopic (exact) mass is 549 g/mol. The van der Waals surface area contributed by atoms with Gasteiger partial charge in [0.05, 0.1) is 19.9 Å². The molecule has 1 saturated heterocycles. The molecule has 9 nitrogen and oxygen atoms in total. The number of rotatable bonds is 10. The maximum Gasteiger partial charge on any atom is 0.254 e. The Kier molecular flexibility index (Phi) is 9.52. The molecular weight excluding hydrogens is 513 g/mol. The summed E-state index contributed by atoms with van der Waals surface area (Å²) in [4.78, 5) is 31.8. The van der Waals surface area contributed by atoms with Crippen molar-refractivity contribution >= 4 is 17.6 Å². The SMILES string of the molecule is CC[C@@H](C)CN(CC(=O)N1CCN(c2ccc(-c3ccc(OC)cc3OC)nn2)CC1)C(=O)c1ccc(F)cc1. The van der Waals surface area contributed by atoms with E-state index in [1.165, 1.54) is 24.3 Å². The van der Waals surface area contributed by atoms with Crippen molar-refractivity contribution in [1.29, 1.82) is 0 Å². The quantitative estimate of drug-likeness (QED) is 0.376. The maximum atomic E-state index is 13.4. The number of ether oxygens (including phenoxy) is 2. The summed E-state index contributed by atoms with van der Waals surface area (Å²) < 4.78 is 24.1. The summed E-state index contributed by atoms with van der Waals surface area (Å²) >= 11 is 0. The molecule has 212 valence electrons. The van der Waals surface area contributed by atoms with Crippen LogP contribution in [0.5, 0.6) is 11.5 Å². The molecule has 0 saturated carbocycles. The van der Waals surface area contributed by atoms with Gasteiger partial charge in [-0.25, -0.2) is 4.39 Å². The zero-order chi connectivity index (χ0) is 28.6. The van der Waals surface area contributed by atoms with Crippen LogP contribution in [0.25, 0.3) is 11.3 Å². The largest absolute Gasteiger partial charge is 0.497 e. The second-order valence-corrected chi connectivity index (χ2v) is 9.92. The predicted octanol–water partition coefficient (Wildman–Crippen LogP) is 4.14. The summed E-state index contributed by atoms with van der Waals surface area (Å²) in [6, 6.07) is 14.8. The fraction of sp³-hybridized carbons (Fsp3) is 0.400. The second kappa shape index (κ2) is 13.2. The fourth-order valence-electron chi connectivity index (χ4n) is 4.60. The van der Waals surface area contributed by atoms with Crippen molar-refractivity contribution in [3.8, 4) is 22.8 Å². The molecule has 0 unspecified atom stereocenters. The van der Waals surface area contributed by atoms with Gasteiger partial charge in [-0.2, -0.15) is 0 Å². The van der Waals surface area contributed by atoms with Gasteiger partial charge >= 0.3 is 0 Å². The molecule has 2 amide bonds. The third-order valence-corrected chi connectivity index (χ3v) is 7.22. The van der Waals surface area contributed by atoms with E-state index in [-0.39, 0.29) is 24.3 Å². The number of hydrogen-bond acceptors (Lipinski definition) is 7. The molecule has 10 heteroatoms. The Morgan fingerprint density at radius 3 is 2.30 bits per heavy atom. The second-order valence-electron chi connectivity index (χ2n) is 9.92. The Bertz CT molecular complexity index is 1290. The normalized spacial score (nSPS) is 14.0. The molecule has 1 fully saturated rings. The topological polar surface area (TPSA) is 88.1 Å². The highest BCUT2D eigenvalue weighted by atomic mass is 19.1. The van der Waals surface area contributed by atoms with Crippen molar-refractivity contribution in [2.24, 2.45) is 5.92 Å². The van der Waals surface area contributed by atoms with Gasteiger partial charge in [0.1, 0.15) is 23.9 Å². The molecule has 1 aromatic heterocycles. The van der Waals surface area contributed by atoms with Crippen molar-refractivity contribution < 1.29 is 23.5 Å². The number of anilines is 1. The van der Waals surface area contributed by atoms with Crippen molar-refractivity contribution in [3.05, 3.63) is 66.0 Å². The molecule has 1 aliphatic rings. The highest BCUT2D eigenvalue weighted by molar-refractivity contribution is 5.96. The Labute approximate surface area is 234 Å². The minimum Gasteiger partial charge on any atom is -0.497 e. The zero-order valence-corrected chi connectivity index (χ0v) is 23.5. The van der Waals surface area contributed by atoms with Gasteiger partial charge in [-0.15, -0.1) is 10.2 Å². The number of aromatic nitrogens is 2. The number of carbonyl (C=O) groups is 2. The van der Waals surface area contributed by atoms with Gasteiger partial charge in [-0.05, 0) is 54.4 Å². The van der Waals surface area contributed by atoms with E-state index < -0.39 is 5.82 Å². The Morgan fingerprint density at radius 1 is 0.975 bits per heavy atom. The van der Waals surface area contributed by atoms with Crippen molar-refractivity contribution in [1.82, 2.24) is 20.0 Å². The number of nitrogens with zero attached hydrogens (tertiary/aromatic N) is 5. The molecule has 0 aliphatic carbocycles. The van der Waals surface area contributed by atoms with Crippen LogP contribution in [0.15, 0.2) is 54.6 Å². The molecular formula is C30H36FN5O4. The number of hydrogen-bond donors (Lipinski definition) is 0. The first-order valence-corrected chi connectivity index (χ1v) is 13.5. The van der Waals surface area contributed by atoms with Crippen LogP contribution in [-0.4, -0.2) is 85.3 Å². The lowest BCUT2D eigenvalue weighted by molar-refractivity contribution is -0.132. The smallest absolute Gasteiger partial charge is 0.254 e. The van der Waals surface area contributed by atoms with E-state index in [1.54, 1.807) is 30.1 Å². The van der Waals surface area contributed by atoms with Gasteiger partial charge in [0.25, 0.3) is 5.91 Å². The van der Waals surface area contributed by atoms with Crippen LogP contribution < -0.4 is 14.4 Å². The first-order chi connectivity index (χ1) is 19.3. The maximum absolute atomic E-state index is 13.4. The summed E-state index contributed by atoms with van der Waals surface area (Å²) in [5.74, 6) is 1.53. The average molecular weight is 550 g/mol. The van der Waals surface area contributed by atoms with E-state index in [1.807, 2.05) is 31.2 Å². The summed E-state index contributed by atoms with van der Waals surface area (Å²) in [5.41, 5.74) is 1.87. The van der Waals surface area contributed by atoms with Gasteiger partial charge < -0.3 is 24.2 Å². The van der Waals surface area contributed by atoms with E-state index in [4.69, 9.17) is 9.47 Å². The molecule has 2 aromatic carbocycles. The Hall–Kier alpha value is -4.21. The van der Waals surface area contributed by atoms with Crippen LogP contribution in [0, 0.1) is 11.7 Å². The number of halogens is 1. The van der Waals surface area contributed by atoms with Crippen LogP contribution in [0.1, 0.15) is 30.6 Å². The van der Waals surface area contributed by atoms with Gasteiger partial charge in [-0.3, -0.25) is 9.59 Å².